The standard InChI is InChI=1S/C13H12O3/c14-11-3-1-2-9(6-11)10-4-5-12-13(7-10)16-8-15-12/h1,3-5,7,9H,2,6,8H2/t9-/m1/s1. The van der Waals surface area contributed by atoms with Crippen molar-refractivity contribution in [2.75, 3.05) is 6.79 Å². The second-order valence-corrected chi connectivity index (χ2v) is 4.12. The highest BCUT2D eigenvalue weighted by Crippen LogP contribution is 2.37. The molecule has 0 bridgehead atoms. The van der Waals surface area contributed by atoms with Crippen molar-refractivity contribution in [3.05, 3.63) is 35.9 Å². The smallest absolute Gasteiger partial charge is 0.231 e. The Balaban J connectivity index is 1.89. The van der Waals surface area contributed by atoms with Crippen LogP contribution in [0.3, 0.4) is 0 Å². The van der Waals surface area contributed by atoms with Crippen molar-refractivity contribution in [1.29, 1.82) is 0 Å². The van der Waals surface area contributed by atoms with Crippen molar-refractivity contribution in [2.24, 2.45) is 0 Å². The first-order chi connectivity index (χ1) is 7.83. The van der Waals surface area contributed by atoms with E-state index in [0.717, 1.165) is 23.5 Å². The Bertz CT molecular complexity index is 462. The van der Waals surface area contributed by atoms with Gasteiger partial charge in [0.05, 0.1) is 0 Å². The third-order valence-electron chi connectivity index (χ3n) is 3.04. The van der Waals surface area contributed by atoms with Crippen LogP contribution in [0.4, 0.5) is 0 Å². The average molecular weight is 216 g/mol. The number of rotatable bonds is 1. The molecule has 0 spiro atoms. The minimum Gasteiger partial charge on any atom is -0.454 e. The SMILES string of the molecule is O=C1C=CC[C@@H](c2ccc3c(c2)OCO3)C1. The summed E-state index contributed by atoms with van der Waals surface area (Å²) in [7, 11) is 0. The van der Waals surface area contributed by atoms with Gasteiger partial charge in [-0.2, -0.15) is 0 Å². The fourth-order valence-electron chi connectivity index (χ4n) is 2.18. The number of fused-ring (bicyclic) bond motifs is 1. The zero-order chi connectivity index (χ0) is 11.0. The van der Waals surface area contributed by atoms with E-state index in [0.29, 0.717) is 13.2 Å². The van der Waals surface area contributed by atoms with Crippen LogP contribution in [0.5, 0.6) is 11.5 Å². The molecule has 1 aliphatic carbocycles. The van der Waals surface area contributed by atoms with E-state index in [9.17, 15) is 4.79 Å². The lowest BCUT2D eigenvalue weighted by Gasteiger charge is -2.17. The fraction of sp³-hybridized carbons (Fsp3) is 0.308. The Morgan fingerprint density at radius 3 is 2.94 bits per heavy atom. The molecule has 1 atom stereocenters. The van der Waals surface area contributed by atoms with E-state index < -0.39 is 0 Å². The van der Waals surface area contributed by atoms with E-state index >= 15 is 0 Å². The lowest BCUT2D eigenvalue weighted by atomic mass is 9.87. The van der Waals surface area contributed by atoms with Gasteiger partial charge < -0.3 is 9.47 Å². The van der Waals surface area contributed by atoms with Crippen molar-refractivity contribution in [3.8, 4) is 11.5 Å². The van der Waals surface area contributed by atoms with Crippen LogP contribution in [-0.2, 0) is 4.79 Å². The summed E-state index contributed by atoms with van der Waals surface area (Å²) >= 11 is 0. The summed E-state index contributed by atoms with van der Waals surface area (Å²) in [6, 6.07) is 5.92. The van der Waals surface area contributed by atoms with Gasteiger partial charge in [-0.3, -0.25) is 4.79 Å². The van der Waals surface area contributed by atoms with Crippen LogP contribution in [0, 0.1) is 0 Å². The molecule has 3 rings (SSSR count). The summed E-state index contributed by atoms with van der Waals surface area (Å²) in [5, 5.41) is 0. The van der Waals surface area contributed by atoms with Crippen LogP contribution in [0.15, 0.2) is 30.4 Å². The van der Waals surface area contributed by atoms with Gasteiger partial charge in [0.2, 0.25) is 6.79 Å². The largest absolute Gasteiger partial charge is 0.454 e. The minimum atomic E-state index is 0.203. The van der Waals surface area contributed by atoms with Crippen molar-refractivity contribution >= 4 is 5.78 Å². The van der Waals surface area contributed by atoms with Gasteiger partial charge in [0.15, 0.2) is 17.3 Å². The summed E-state index contributed by atoms with van der Waals surface area (Å²) in [5.74, 6) is 2.07. The van der Waals surface area contributed by atoms with Crippen molar-refractivity contribution < 1.29 is 14.3 Å². The van der Waals surface area contributed by atoms with Gasteiger partial charge in [0.1, 0.15) is 0 Å². The maximum atomic E-state index is 11.3. The monoisotopic (exact) mass is 216 g/mol. The van der Waals surface area contributed by atoms with Crippen molar-refractivity contribution in [1.82, 2.24) is 0 Å². The molecule has 0 saturated carbocycles. The summed E-state index contributed by atoms with van der Waals surface area (Å²) < 4.78 is 10.6. The maximum absolute atomic E-state index is 11.3. The van der Waals surface area contributed by atoms with E-state index in [1.165, 1.54) is 0 Å². The Kier molecular flexibility index (Phi) is 2.17. The molecule has 0 aromatic heterocycles. The molecule has 1 aromatic rings. The first kappa shape index (κ1) is 9.46. The third-order valence-corrected chi connectivity index (χ3v) is 3.04. The number of benzene rings is 1. The summed E-state index contributed by atoms with van der Waals surface area (Å²) in [5.41, 5.74) is 1.15. The lowest BCUT2D eigenvalue weighted by molar-refractivity contribution is -0.115. The number of hydrogen-bond acceptors (Lipinski definition) is 3. The lowest BCUT2D eigenvalue weighted by Crippen LogP contribution is -2.08. The summed E-state index contributed by atoms with van der Waals surface area (Å²) in [4.78, 5) is 11.3. The highest BCUT2D eigenvalue weighted by atomic mass is 16.7. The van der Waals surface area contributed by atoms with Crippen LogP contribution < -0.4 is 9.47 Å². The number of carbonyl (C=O) groups is 1. The molecule has 0 amide bonds. The Morgan fingerprint density at radius 2 is 2.06 bits per heavy atom. The molecule has 0 unspecified atom stereocenters. The topological polar surface area (TPSA) is 35.5 Å². The van der Waals surface area contributed by atoms with Gasteiger partial charge in [0.25, 0.3) is 0 Å². The molecule has 0 saturated heterocycles. The zero-order valence-corrected chi connectivity index (χ0v) is 8.81. The Labute approximate surface area is 93.7 Å². The normalized spacial score (nSPS) is 22.5. The highest BCUT2D eigenvalue weighted by Gasteiger charge is 2.20. The molecular weight excluding hydrogens is 204 g/mol. The van der Waals surface area contributed by atoms with E-state index in [1.807, 2.05) is 24.3 Å². The minimum absolute atomic E-state index is 0.203. The quantitative estimate of drug-likeness (QED) is 0.723. The molecular formula is C13H12O3. The number of allylic oxidation sites excluding steroid dienone is 2. The molecule has 1 aromatic carbocycles. The fourth-order valence-corrected chi connectivity index (χ4v) is 2.18. The predicted octanol–water partition coefficient (Wildman–Crippen LogP) is 2.42. The van der Waals surface area contributed by atoms with Crippen LogP contribution in [0.1, 0.15) is 24.3 Å². The molecule has 16 heavy (non-hydrogen) atoms. The zero-order valence-electron chi connectivity index (χ0n) is 8.81. The molecule has 0 radical (unpaired) electrons. The summed E-state index contributed by atoms with van der Waals surface area (Å²) in [6.07, 6.45) is 5.13. The van der Waals surface area contributed by atoms with Crippen LogP contribution in [0.2, 0.25) is 0 Å². The van der Waals surface area contributed by atoms with E-state index in [4.69, 9.17) is 9.47 Å². The van der Waals surface area contributed by atoms with Crippen LogP contribution in [0.25, 0.3) is 0 Å². The van der Waals surface area contributed by atoms with Gasteiger partial charge in [-0.05, 0) is 36.1 Å². The second kappa shape index (κ2) is 3.67. The molecule has 1 aliphatic heterocycles. The van der Waals surface area contributed by atoms with Crippen LogP contribution >= 0.6 is 0 Å². The third kappa shape index (κ3) is 1.58. The Hall–Kier alpha value is -1.77. The molecule has 3 heteroatoms. The van der Waals surface area contributed by atoms with Gasteiger partial charge in [0, 0.05) is 6.42 Å². The molecule has 2 aliphatic rings. The number of carbonyl (C=O) groups excluding carboxylic acids is 1. The van der Waals surface area contributed by atoms with Crippen LogP contribution in [-0.4, -0.2) is 12.6 Å². The molecule has 1 heterocycles. The second-order valence-electron chi connectivity index (χ2n) is 4.12. The number of ketones is 1. The van der Waals surface area contributed by atoms with Gasteiger partial charge in [-0.1, -0.05) is 12.1 Å². The summed E-state index contributed by atoms with van der Waals surface area (Å²) in [6.45, 7) is 0.294. The van der Waals surface area contributed by atoms with E-state index in [2.05, 4.69) is 0 Å². The first-order valence-electron chi connectivity index (χ1n) is 5.42. The highest BCUT2D eigenvalue weighted by molar-refractivity contribution is 5.91. The maximum Gasteiger partial charge on any atom is 0.231 e. The first-order valence-corrected chi connectivity index (χ1v) is 5.42. The predicted molar refractivity (Wildman–Crippen MR) is 58.7 cm³/mol. The van der Waals surface area contributed by atoms with Gasteiger partial charge >= 0.3 is 0 Å². The van der Waals surface area contributed by atoms with E-state index in [1.54, 1.807) is 6.08 Å². The molecule has 82 valence electrons. The van der Waals surface area contributed by atoms with Crippen molar-refractivity contribution in [3.63, 3.8) is 0 Å². The number of hydrogen-bond donors (Lipinski definition) is 0. The van der Waals surface area contributed by atoms with E-state index in [-0.39, 0.29) is 11.7 Å². The van der Waals surface area contributed by atoms with Crippen molar-refractivity contribution in [2.45, 2.75) is 18.8 Å². The molecule has 3 nitrogen and oxygen atoms in total. The van der Waals surface area contributed by atoms with Gasteiger partial charge in [-0.25, -0.2) is 0 Å². The Morgan fingerprint density at radius 1 is 1.19 bits per heavy atom. The molecule has 0 N–H and O–H groups in total. The molecule has 0 fully saturated rings. The average Bonchev–Trinajstić information content (AvgIpc) is 2.75. The number of ether oxygens (including phenoxy) is 2. The van der Waals surface area contributed by atoms with Gasteiger partial charge in [-0.15, -0.1) is 0 Å².